The minimum Gasteiger partial charge on any atom is -0.352 e. The topological polar surface area (TPSA) is 44.4 Å². The van der Waals surface area contributed by atoms with Crippen molar-refractivity contribution in [3.8, 4) is 0 Å². The van der Waals surface area contributed by atoms with E-state index in [1.807, 2.05) is 0 Å². The second-order valence-corrected chi connectivity index (χ2v) is 5.76. The molecule has 2 N–H and O–H groups in total. The normalized spacial score (nSPS) is 39.2. The molecule has 4 nitrogen and oxygen atoms in total. The molecule has 4 unspecified atom stereocenters. The highest BCUT2D eigenvalue weighted by molar-refractivity contribution is 5.82. The summed E-state index contributed by atoms with van der Waals surface area (Å²) in [5.74, 6) is 0.676. The van der Waals surface area contributed by atoms with Gasteiger partial charge in [-0.15, -0.1) is 0 Å². The molecule has 17 heavy (non-hydrogen) atoms. The maximum Gasteiger partial charge on any atom is 0.237 e. The monoisotopic (exact) mass is 239 g/mol. The van der Waals surface area contributed by atoms with E-state index in [1.165, 1.54) is 0 Å². The molecule has 4 heteroatoms. The van der Waals surface area contributed by atoms with Crippen molar-refractivity contribution in [1.82, 2.24) is 15.5 Å². The summed E-state index contributed by atoms with van der Waals surface area (Å²) in [6.07, 6.45) is 3.26. The third-order valence-electron chi connectivity index (χ3n) is 4.37. The number of piperidine rings is 1. The molecule has 2 rings (SSSR count). The Hall–Kier alpha value is -0.610. The van der Waals surface area contributed by atoms with Crippen molar-refractivity contribution in [2.75, 3.05) is 20.1 Å². The van der Waals surface area contributed by atoms with Gasteiger partial charge >= 0.3 is 0 Å². The Balaban J connectivity index is 1.82. The van der Waals surface area contributed by atoms with Gasteiger partial charge in [0.05, 0.1) is 6.04 Å². The van der Waals surface area contributed by atoms with Crippen molar-refractivity contribution in [1.29, 1.82) is 0 Å². The number of rotatable bonds is 2. The number of likely N-dealkylation sites (tertiary alicyclic amines) is 1. The van der Waals surface area contributed by atoms with Crippen molar-refractivity contribution >= 4 is 5.91 Å². The summed E-state index contributed by atoms with van der Waals surface area (Å²) < 4.78 is 0. The van der Waals surface area contributed by atoms with Gasteiger partial charge in [0, 0.05) is 18.6 Å². The summed E-state index contributed by atoms with van der Waals surface area (Å²) in [4.78, 5) is 14.5. The molecule has 0 aromatic heterocycles. The first-order chi connectivity index (χ1) is 8.08. The molecule has 2 saturated heterocycles. The highest BCUT2D eigenvalue weighted by atomic mass is 16.2. The van der Waals surface area contributed by atoms with Gasteiger partial charge in [0.1, 0.15) is 0 Å². The van der Waals surface area contributed by atoms with Crippen molar-refractivity contribution in [3.63, 3.8) is 0 Å². The molecule has 0 aliphatic carbocycles. The average Bonchev–Trinajstić information content (AvgIpc) is 2.70. The molecule has 0 bridgehead atoms. The van der Waals surface area contributed by atoms with Gasteiger partial charge in [0.25, 0.3) is 0 Å². The number of nitrogens with one attached hydrogen (secondary N) is 2. The van der Waals surface area contributed by atoms with E-state index >= 15 is 0 Å². The quantitative estimate of drug-likeness (QED) is 0.741. The minimum atomic E-state index is 0.0324. The van der Waals surface area contributed by atoms with Crippen LogP contribution in [0.3, 0.4) is 0 Å². The Kier molecular flexibility index (Phi) is 4.05. The Morgan fingerprint density at radius 2 is 2.12 bits per heavy atom. The third-order valence-corrected chi connectivity index (χ3v) is 4.37. The van der Waals surface area contributed by atoms with Gasteiger partial charge in [0.2, 0.25) is 5.91 Å². The van der Waals surface area contributed by atoms with E-state index in [1.54, 1.807) is 0 Å². The molecule has 0 radical (unpaired) electrons. The molecular weight excluding hydrogens is 214 g/mol. The summed E-state index contributed by atoms with van der Waals surface area (Å²) >= 11 is 0. The second-order valence-electron chi connectivity index (χ2n) is 5.76. The summed E-state index contributed by atoms with van der Waals surface area (Å²) in [7, 11) is 2.16. The zero-order valence-corrected chi connectivity index (χ0v) is 11.2. The van der Waals surface area contributed by atoms with Crippen LogP contribution in [-0.2, 0) is 4.79 Å². The zero-order valence-electron chi connectivity index (χ0n) is 11.2. The van der Waals surface area contributed by atoms with E-state index < -0.39 is 0 Å². The minimum absolute atomic E-state index is 0.0324. The van der Waals surface area contributed by atoms with Crippen LogP contribution in [0, 0.1) is 5.92 Å². The number of hydrogen-bond donors (Lipinski definition) is 2. The lowest BCUT2D eigenvalue weighted by molar-refractivity contribution is -0.124. The molecule has 0 saturated carbocycles. The van der Waals surface area contributed by atoms with Crippen molar-refractivity contribution in [2.24, 2.45) is 5.92 Å². The Morgan fingerprint density at radius 1 is 1.35 bits per heavy atom. The Labute approximate surface area is 104 Å². The molecule has 0 aromatic carbocycles. The third kappa shape index (κ3) is 2.99. The summed E-state index contributed by atoms with van der Waals surface area (Å²) in [6.45, 7) is 6.44. The first-order valence-electron chi connectivity index (χ1n) is 6.82. The van der Waals surface area contributed by atoms with E-state index in [4.69, 9.17) is 0 Å². The van der Waals surface area contributed by atoms with Crippen LogP contribution >= 0.6 is 0 Å². The number of carbonyl (C=O) groups excluding carboxylic acids is 1. The molecule has 2 heterocycles. The highest BCUT2D eigenvalue weighted by Crippen LogP contribution is 2.18. The number of hydrogen-bond acceptors (Lipinski definition) is 3. The van der Waals surface area contributed by atoms with Gasteiger partial charge in [-0.25, -0.2) is 0 Å². The van der Waals surface area contributed by atoms with Gasteiger partial charge in [0.15, 0.2) is 0 Å². The predicted molar refractivity (Wildman–Crippen MR) is 68.8 cm³/mol. The van der Waals surface area contributed by atoms with E-state index in [0.29, 0.717) is 18.0 Å². The highest BCUT2D eigenvalue weighted by Gasteiger charge is 2.31. The molecule has 98 valence electrons. The number of nitrogens with zero attached hydrogens (tertiary/aromatic N) is 1. The van der Waals surface area contributed by atoms with Gasteiger partial charge in [-0.1, -0.05) is 6.92 Å². The Bertz CT molecular complexity index is 282. The van der Waals surface area contributed by atoms with Crippen LogP contribution in [0.15, 0.2) is 0 Å². The summed E-state index contributed by atoms with van der Waals surface area (Å²) in [5.41, 5.74) is 0. The fourth-order valence-corrected chi connectivity index (χ4v) is 2.90. The van der Waals surface area contributed by atoms with Crippen LogP contribution in [0.25, 0.3) is 0 Å². The molecule has 1 amide bonds. The van der Waals surface area contributed by atoms with Crippen molar-refractivity contribution in [3.05, 3.63) is 0 Å². The smallest absolute Gasteiger partial charge is 0.237 e. The van der Waals surface area contributed by atoms with E-state index in [2.05, 4.69) is 36.4 Å². The SMILES string of the molecule is CC1CCNC1C(=O)NC1CCN(C)C(C)C1. The first-order valence-corrected chi connectivity index (χ1v) is 6.82. The van der Waals surface area contributed by atoms with E-state index in [-0.39, 0.29) is 11.9 Å². The maximum atomic E-state index is 12.1. The van der Waals surface area contributed by atoms with Gasteiger partial charge in [-0.3, -0.25) is 4.79 Å². The molecule has 2 aliphatic rings. The lowest BCUT2D eigenvalue weighted by Crippen LogP contribution is -2.52. The van der Waals surface area contributed by atoms with Gasteiger partial charge in [-0.05, 0) is 45.7 Å². The number of amides is 1. The molecule has 2 fully saturated rings. The maximum absolute atomic E-state index is 12.1. The molecule has 0 spiro atoms. The van der Waals surface area contributed by atoms with Crippen molar-refractivity contribution < 1.29 is 4.79 Å². The predicted octanol–water partition coefficient (Wildman–Crippen LogP) is 0.583. The van der Waals surface area contributed by atoms with Gasteiger partial charge in [-0.2, -0.15) is 0 Å². The fourth-order valence-electron chi connectivity index (χ4n) is 2.90. The Morgan fingerprint density at radius 3 is 2.71 bits per heavy atom. The van der Waals surface area contributed by atoms with Crippen LogP contribution in [0.4, 0.5) is 0 Å². The standard InChI is InChI=1S/C13H25N3O/c1-9-4-6-14-12(9)13(17)15-11-5-7-16(3)10(2)8-11/h9-12,14H,4-8H2,1-3H3,(H,15,17). The van der Waals surface area contributed by atoms with Crippen LogP contribution in [-0.4, -0.2) is 49.1 Å². The summed E-state index contributed by atoms with van der Waals surface area (Å²) in [6, 6.07) is 0.969. The van der Waals surface area contributed by atoms with Gasteiger partial charge < -0.3 is 15.5 Å². The first kappa shape index (κ1) is 12.8. The number of carbonyl (C=O) groups is 1. The van der Waals surface area contributed by atoms with Crippen LogP contribution in [0.1, 0.15) is 33.1 Å². The summed E-state index contributed by atoms with van der Waals surface area (Å²) in [5, 5.41) is 6.51. The molecule has 0 aromatic rings. The zero-order chi connectivity index (χ0) is 12.4. The average molecular weight is 239 g/mol. The van der Waals surface area contributed by atoms with E-state index in [0.717, 1.165) is 32.4 Å². The van der Waals surface area contributed by atoms with E-state index in [9.17, 15) is 4.79 Å². The second kappa shape index (κ2) is 5.36. The fraction of sp³-hybridized carbons (Fsp3) is 0.923. The van der Waals surface area contributed by atoms with Crippen LogP contribution in [0.5, 0.6) is 0 Å². The molecule has 4 atom stereocenters. The largest absolute Gasteiger partial charge is 0.352 e. The van der Waals surface area contributed by atoms with Crippen molar-refractivity contribution in [2.45, 2.75) is 51.2 Å². The van der Waals surface area contributed by atoms with Crippen LogP contribution < -0.4 is 10.6 Å². The van der Waals surface area contributed by atoms with Crippen LogP contribution in [0.2, 0.25) is 0 Å². The lowest BCUT2D eigenvalue weighted by Gasteiger charge is -2.35. The lowest BCUT2D eigenvalue weighted by atomic mass is 9.97. The molecule has 2 aliphatic heterocycles. The molecular formula is C13H25N3O.